The molecule has 1 amide bonds. The highest BCUT2D eigenvalue weighted by Crippen LogP contribution is 2.34. The third-order valence-electron chi connectivity index (χ3n) is 4.16. The van der Waals surface area contributed by atoms with Gasteiger partial charge in [0.05, 0.1) is 25.3 Å². The molecule has 1 fully saturated rings. The second kappa shape index (κ2) is 6.37. The third kappa shape index (κ3) is 3.66. The molecule has 2 atom stereocenters. The Hall–Kier alpha value is -2.02. The molecule has 2 heterocycles. The molecule has 3 rings (SSSR count). The predicted octanol–water partition coefficient (Wildman–Crippen LogP) is 3.90. The predicted molar refractivity (Wildman–Crippen MR) is 85.4 cm³/mol. The topological polar surface area (TPSA) is 38.8 Å². The maximum Gasteiger partial charge on any atom is 0.411 e. The first kappa shape index (κ1) is 17.8. The SMILES string of the molecule is CC(C)(C)OC(=O)N1C2C=C(c3cc(F)c(F)c(F)c3)CC1COC2. The largest absolute Gasteiger partial charge is 0.444 e. The summed E-state index contributed by atoms with van der Waals surface area (Å²) in [5.41, 5.74) is 0.312. The number of morpholine rings is 1. The van der Waals surface area contributed by atoms with Crippen LogP contribution >= 0.6 is 0 Å². The molecule has 0 N–H and O–H groups in total. The highest BCUT2D eigenvalue weighted by Gasteiger charge is 2.40. The van der Waals surface area contributed by atoms with Crippen LogP contribution in [0.2, 0.25) is 0 Å². The quantitative estimate of drug-likeness (QED) is 0.718. The molecule has 0 saturated carbocycles. The van der Waals surface area contributed by atoms with E-state index in [4.69, 9.17) is 9.47 Å². The first-order valence-corrected chi connectivity index (χ1v) is 8.10. The van der Waals surface area contributed by atoms with E-state index in [1.54, 1.807) is 31.7 Å². The van der Waals surface area contributed by atoms with Crippen LogP contribution in [0.1, 0.15) is 32.8 Å². The zero-order valence-electron chi connectivity index (χ0n) is 14.3. The molecule has 1 aromatic rings. The van der Waals surface area contributed by atoms with E-state index in [9.17, 15) is 18.0 Å². The van der Waals surface area contributed by atoms with Gasteiger partial charge in [-0.3, -0.25) is 4.90 Å². The molecule has 25 heavy (non-hydrogen) atoms. The molecule has 7 heteroatoms. The van der Waals surface area contributed by atoms with Gasteiger partial charge in [-0.15, -0.1) is 0 Å². The molecule has 0 aliphatic carbocycles. The Kier molecular flexibility index (Phi) is 4.53. The lowest BCUT2D eigenvalue weighted by atomic mass is 9.90. The maximum atomic E-state index is 13.5. The summed E-state index contributed by atoms with van der Waals surface area (Å²) in [6.07, 6.45) is 1.63. The molecular formula is C18H20F3NO3. The number of hydrogen-bond donors (Lipinski definition) is 0. The lowest BCUT2D eigenvalue weighted by Gasteiger charge is -2.44. The number of benzene rings is 1. The lowest BCUT2D eigenvalue weighted by Crippen LogP contribution is -2.57. The summed E-state index contributed by atoms with van der Waals surface area (Å²) in [5, 5.41) is 0. The van der Waals surface area contributed by atoms with Gasteiger partial charge < -0.3 is 9.47 Å². The Balaban J connectivity index is 1.90. The summed E-state index contributed by atoms with van der Waals surface area (Å²) in [6, 6.07) is 1.26. The molecule has 136 valence electrons. The van der Waals surface area contributed by atoms with Crippen LogP contribution in [0.4, 0.5) is 18.0 Å². The smallest absolute Gasteiger partial charge is 0.411 e. The molecule has 2 aliphatic rings. The number of rotatable bonds is 1. The summed E-state index contributed by atoms with van der Waals surface area (Å²) < 4.78 is 51.2. The number of carbonyl (C=O) groups excluding carboxylic acids is 1. The first-order chi connectivity index (χ1) is 11.7. The average molecular weight is 355 g/mol. The standard InChI is InChI=1S/C18H20F3NO3/c1-18(2,3)25-17(23)22-12-4-10(5-13(22)9-24-8-12)11-6-14(19)16(21)15(20)7-11/h4,6-7,12-13H,5,8-9H2,1-3H3. The molecule has 0 spiro atoms. The van der Waals surface area contributed by atoms with E-state index in [-0.39, 0.29) is 18.2 Å². The van der Waals surface area contributed by atoms with Gasteiger partial charge in [-0.25, -0.2) is 18.0 Å². The summed E-state index contributed by atoms with van der Waals surface area (Å²) >= 11 is 0. The fourth-order valence-corrected chi connectivity index (χ4v) is 3.15. The molecular weight excluding hydrogens is 335 g/mol. The Morgan fingerprint density at radius 1 is 1.20 bits per heavy atom. The van der Waals surface area contributed by atoms with Gasteiger partial charge in [-0.1, -0.05) is 6.08 Å². The molecule has 2 unspecified atom stereocenters. The van der Waals surface area contributed by atoms with Crippen LogP contribution in [-0.2, 0) is 9.47 Å². The number of fused-ring (bicyclic) bond motifs is 2. The van der Waals surface area contributed by atoms with E-state index >= 15 is 0 Å². The van der Waals surface area contributed by atoms with Gasteiger partial charge in [0, 0.05) is 0 Å². The minimum absolute atomic E-state index is 0.269. The van der Waals surface area contributed by atoms with E-state index in [0.29, 0.717) is 18.6 Å². The van der Waals surface area contributed by atoms with E-state index in [2.05, 4.69) is 0 Å². The molecule has 2 aliphatic heterocycles. The van der Waals surface area contributed by atoms with Crippen LogP contribution in [0.25, 0.3) is 5.57 Å². The lowest BCUT2D eigenvalue weighted by molar-refractivity contribution is -0.0510. The van der Waals surface area contributed by atoms with E-state index < -0.39 is 35.2 Å². The van der Waals surface area contributed by atoms with Crippen LogP contribution < -0.4 is 0 Å². The highest BCUT2D eigenvalue weighted by molar-refractivity contribution is 5.74. The zero-order valence-corrected chi connectivity index (χ0v) is 14.3. The van der Waals surface area contributed by atoms with Gasteiger partial charge in [-0.2, -0.15) is 0 Å². The van der Waals surface area contributed by atoms with Crippen LogP contribution in [0.3, 0.4) is 0 Å². The van der Waals surface area contributed by atoms with Crippen LogP contribution in [0, 0.1) is 17.5 Å². The third-order valence-corrected chi connectivity index (χ3v) is 4.16. The maximum absolute atomic E-state index is 13.5. The summed E-state index contributed by atoms with van der Waals surface area (Å²) in [5.74, 6) is -3.95. The van der Waals surface area contributed by atoms with Crippen molar-refractivity contribution in [1.29, 1.82) is 0 Å². The molecule has 0 aromatic heterocycles. The van der Waals surface area contributed by atoms with Crippen molar-refractivity contribution in [3.63, 3.8) is 0 Å². The fraction of sp³-hybridized carbons (Fsp3) is 0.500. The molecule has 4 nitrogen and oxygen atoms in total. The second-order valence-corrected chi connectivity index (χ2v) is 7.30. The summed E-state index contributed by atoms with van der Waals surface area (Å²) in [7, 11) is 0. The number of ether oxygens (including phenoxy) is 2. The normalized spacial score (nSPS) is 23.3. The van der Waals surface area contributed by atoms with Crippen molar-refractivity contribution in [1.82, 2.24) is 4.90 Å². The number of carbonyl (C=O) groups is 1. The van der Waals surface area contributed by atoms with Gasteiger partial charge >= 0.3 is 6.09 Å². The molecule has 1 aromatic carbocycles. The van der Waals surface area contributed by atoms with Gasteiger partial charge in [-0.05, 0) is 50.5 Å². The molecule has 1 saturated heterocycles. The number of halogens is 3. The van der Waals surface area contributed by atoms with Crippen molar-refractivity contribution in [2.24, 2.45) is 0 Å². The molecule has 2 bridgehead atoms. The number of hydrogen-bond acceptors (Lipinski definition) is 3. The van der Waals surface area contributed by atoms with Crippen molar-refractivity contribution in [3.05, 3.63) is 41.2 Å². The number of nitrogens with zero attached hydrogens (tertiary/aromatic N) is 1. The monoisotopic (exact) mass is 355 g/mol. The van der Waals surface area contributed by atoms with Crippen LogP contribution in [0.5, 0.6) is 0 Å². The van der Waals surface area contributed by atoms with Crippen molar-refractivity contribution in [3.8, 4) is 0 Å². The highest BCUT2D eigenvalue weighted by atomic mass is 19.2. The molecule has 0 radical (unpaired) electrons. The van der Waals surface area contributed by atoms with Crippen molar-refractivity contribution in [2.75, 3.05) is 13.2 Å². The fourth-order valence-electron chi connectivity index (χ4n) is 3.15. The van der Waals surface area contributed by atoms with Gasteiger partial charge in [0.15, 0.2) is 17.5 Å². The van der Waals surface area contributed by atoms with Crippen LogP contribution in [-0.4, -0.2) is 41.9 Å². The van der Waals surface area contributed by atoms with E-state index in [0.717, 1.165) is 12.1 Å². The zero-order chi connectivity index (χ0) is 18.4. The van der Waals surface area contributed by atoms with E-state index in [1.165, 1.54) is 0 Å². The minimum atomic E-state index is -1.49. The Labute approximate surface area is 144 Å². The average Bonchev–Trinajstić information content (AvgIpc) is 2.49. The Morgan fingerprint density at radius 3 is 2.40 bits per heavy atom. The van der Waals surface area contributed by atoms with Crippen LogP contribution in [0.15, 0.2) is 18.2 Å². The van der Waals surface area contributed by atoms with Gasteiger partial charge in [0.2, 0.25) is 0 Å². The Bertz CT molecular complexity index is 704. The van der Waals surface area contributed by atoms with Crippen molar-refractivity contribution < 1.29 is 27.4 Å². The minimum Gasteiger partial charge on any atom is -0.444 e. The number of amides is 1. The van der Waals surface area contributed by atoms with Gasteiger partial charge in [0.25, 0.3) is 0 Å². The summed E-state index contributed by atoms with van der Waals surface area (Å²) in [6.45, 7) is 5.93. The van der Waals surface area contributed by atoms with Crippen molar-refractivity contribution in [2.45, 2.75) is 44.9 Å². The Morgan fingerprint density at radius 2 is 1.84 bits per heavy atom. The van der Waals surface area contributed by atoms with Crippen molar-refractivity contribution >= 4 is 11.7 Å². The van der Waals surface area contributed by atoms with E-state index in [1.807, 2.05) is 0 Å². The van der Waals surface area contributed by atoms with Gasteiger partial charge in [0.1, 0.15) is 5.60 Å². The first-order valence-electron chi connectivity index (χ1n) is 8.10. The second-order valence-electron chi connectivity index (χ2n) is 7.30. The summed E-state index contributed by atoms with van der Waals surface area (Å²) in [4.78, 5) is 14.1.